The van der Waals surface area contributed by atoms with Gasteiger partial charge in [-0.3, -0.25) is 0 Å². The largest absolute Gasteiger partial charge is 0.353 e. The van der Waals surface area contributed by atoms with Gasteiger partial charge in [-0.15, -0.1) is 0 Å². The van der Waals surface area contributed by atoms with Gasteiger partial charge in [-0.1, -0.05) is 72.8 Å². The van der Waals surface area contributed by atoms with Crippen molar-refractivity contribution >= 4 is 33.2 Å². The minimum absolute atomic E-state index is 0.328. The fraction of sp³-hybridized carbons (Fsp3) is 0.0833. The van der Waals surface area contributed by atoms with Crippen LogP contribution in [0.2, 0.25) is 0 Å². The summed E-state index contributed by atoms with van der Waals surface area (Å²) in [5, 5.41) is 2.59. The van der Waals surface area contributed by atoms with Crippen LogP contribution in [0.15, 0.2) is 91.0 Å². The molecule has 1 aliphatic carbocycles. The highest BCUT2D eigenvalue weighted by Crippen LogP contribution is 2.51. The molecule has 0 radical (unpaired) electrons. The molecule has 2 unspecified atom stereocenters. The number of hydrogen-bond acceptors (Lipinski definition) is 1. The van der Waals surface area contributed by atoms with Crippen LogP contribution in [0.3, 0.4) is 0 Å². The quantitative estimate of drug-likeness (QED) is 0.449. The Hall–Kier alpha value is -3.26. The molecule has 3 aromatic carbocycles. The summed E-state index contributed by atoms with van der Waals surface area (Å²) in [5.41, 5.74) is 6.40. The highest BCUT2D eigenvalue weighted by Gasteiger charge is 2.38. The van der Waals surface area contributed by atoms with Crippen LogP contribution in [0.4, 0.5) is 11.4 Å². The van der Waals surface area contributed by atoms with E-state index in [0.29, 0.717) is 12.0 Å². The normalized spacial score (nSPS) is 20.7. The summed E-state index contributed by atoms with van der Waals surface area (Å²) in [6.45, 7) is 0. The minimum Gasteiger partial charge on any atom is -0.353 e. The van der Waals surface area contributed by atoms with Gasteiger partial charge in [0.2, 0.25) is 0 Å². The summed E-state index contributed by atoms with van der Waals surface area (Å²) in [7, 11) is 0. The predicted octanol–water partition coefficient (Wildman–Crippen LogP) is 6.05. The van der Waals surface area contributed by atoms with Crippen molar-refractivity contribution in [2.24, 2.45) is 0 Å². The predicted molar refractivity (Wildman–Crippen MR) is 109 cm³/mol. The maximum Gasteiger partial charge on any atom is 0.0709 e. The number of para-hydroxylation sites is 2. The lowest BCUT2D eigenvalue weighted by Gasteiger charge is -2.28. The highest BCUT2D eigenvalue weighted by atomic mass is 15.2. The second kappa shape index (κ2) is 5.12. The molecule has 2 heteroatoms. The van der Waals surface area contributed by atoms with Crippen LogP contribution in [0.1, 0.15) is 11.5 Å². The van der Waals surface area contributed by atoms with E-state index in [4.69, 9.17) is 0 Å². The van der Waals surface area contributed by atoms with Crippen molar-refractivity contribution in [1.29, 1.82) is 0 Å². The van der Waals surface area contributed by atoms with Gasteiger partial charge in [0.15, 0.2) is 0 Å². The van der Waals surface area contributed by atoms with Crippen LogP contribution in [0, 0.1) is 0 Å². The molecule has 1 aromatic heterocycles. The molecule has 124 valence electrons. The Bertz CT molecular complexity index is 1200. The molecule has 26 heavy (non-hydrogen) atoms. The smallest absolute Gasteiger partial charge is 0.0709 e. The van der Waals surface area contributed by atoms with Crippen molar-refractivity contribution in [3.8, 4) is 0 Å². The van der Waals surface area contributed by atoms with Gasteiger partial charge in [0.05, 0.1) is 17.2 Å². The van der Waals surface area contributed by atoms with Crippen molar-refractivity contribution in [3.63, 3.8) is 0 Å². The van der Waals surface area contributed by atoms with Gasteiger partial charge in [-0.2, -0.15) is 0 Å². The molecule has 0 bridgehead atoms. The third-order valence-corrected chi connectivity index (χ3v) is 5.72. The molecule has 1 N–H and O–H groups in total. The molecule has 2 atom stereocenters. The van der Waals surface area contributed by atoms with E-state index in [-0.39, 0.29) is 0 Å². The summed E-state index contributed by atoms with van der Waals surface area (Å²) in [5.74, 6) is 0.394. The van der Waals surface area contributed by atoms with Gasteiger partial charge in [0.25, 0.3) is 0 Å². The molecule has 0 spiro atoms. The number of nitrogens with one attached hydrogen (secondary N) is 1. The van der Waals surface area contributed by atoms with Gasteiger partial charge in [-0.25, -0.2) is 0 Å². The topological polar surface area (TPSA) is 19.0 Å². The van der Waals surface area contributed by atoms with Crippen molar-refractivity contribution in [3.05, 3.63) is 96.6 Å². The first kappa shape index (κ1) is 14.0. The van der Waals surface area contributed by atoms with Crippen LogP contribution in [0.25, 0.3) is 21.8 Å². The average molecular weight is 334 g/mol. The first-order valence-corrected chi connectivity index (χ1v) is 9.14. The van der Waals surface area contributed by atoms with Crippen LogP contribution >= 0.6 is 0 Å². The zero-order valence-corrected chi connectivity index (χ0v) is 14.3. The summed E-state index contributed by atoms with van der Waals surface area (Å²) < 4.78 is 0. The Kier molecular flexibility index (Phi) is 2.75. The molecule has 1 aliphatic heterocycles. The van der Waals surface area contributed by atoms with Crippen LogP contribution < -0.4 is 4.90 Å². The van der Waals surface area contributed by atoms with Gasteiger partial charge >= 0.3 is 0 Å². The number of fused-ring (bicyclic) bond motifs is 7. The van der Waals surface area contributed by atoms with Crippen molar-refractivity contribution in [2.75, 3.05) is 4.90 Å². The number of aromatic amines is 1. The zero-order chi connectivity index (χ0) is 17.1. The van der Waals surface area contributed by atoms with Gasteiger partial charge in [0, 0.05) is 27.9 Å². The number of anilines is 2. The third-order valence-electron chi connectivity index (χ3n) is 5.72. The van der Waals surface area contributed by atoms with E-state index < -0.39 is 0 Å². The maximum absolute atomic E-state index is 3.70. The molecular formula is C24H18N2. The van der Waals surface area contributed by atoms with E-state index in [1.165, 1.54) is 38.7 Å². The second-order valence-corrected chi connectivity index (χ2v) is 7.09. The average Bonchev–Trinajstić information content (AvgIpc) is 3.24. The SMILES string of the molecule is C1=CC2c3ccc4c([nH]c5ccccc54)c3N(c3ccccc3)C2C=C1. The Morgan fingerprint density at radius 1 is 0.731 bits per heavy atom. The number of benzene rings is 3. The molecular weight excluding hydrogens is 316 g/mol. The van der Waals surface area contributed by atoms with E-state index >= 15 is 0 Å². The molecule has 2 heterocycles. The van der Waals surface area contributed by atoms with E-state index in [1.807, 2.05) is 0 Å². The summed E-state index contributed by atoms with van der Waals surface area (Å²) in [6, 6.07) is 24.2. The standard InChI is InChI=1S/C24H18N2/c1-2-8-16(9-3-1)26-22-13-7-5-11-18(22)20-15-14-19-17-10-4-6-12-21(17)25-23(19)24(20)26/h1-15,18,22,25H. The fourth-order valence-corrected chi connectivity index (χ4v) is 4.62. The number of aromatic nitrogens is 1. The second-order valence-electron chi connectivity index (χ2n) is 7.09. The summed E-state index contributed by atoms with van der Waals surface area (Å²) in [6.07, 6.45) is 9.01. The number of hydrogen-bond donors (Lipinski definition) is 1. The molecule has 0 saturated heterocycles. The lowest BCUT2D eigenvalue weighted by Crippen LogP contribution is -2.28. The molecule has 4 aromatic rings. The number of H-pyrrole nitrogens is 1. The first-order chi connectivity index (χ1) is 12.9. The number of rotatable bonds is 1. The fourth-order valence-electron chi connectivity index (χ4n) is 4.62. The Morgan fingerprint density at radius 3 is 2.46 bits per heavy atom. The highest BCUT2D eigenvalue weighted by molar-refractivity contribution is 6.13. The molecule has 2 aliphatic rings. The van der Waals surface area contributed by atoms with E-state index in [1.54, 1.807) is 0 Å². The van der Waals surface area contributed by atoms with Gasteiger partial charge < -0.3 is 9.88 Å². The molecule has 0 fully saturated rings. The van der Waals surface area contributed by atoms with Crippen molar-refractivity contribution in [2.45, 2.75) is 12.0 Å². The Balaban J connectivity index is 1.72. The van der Waals surface area contributed by atoms with E-state index in [0.717, 1.165) is 0 Å². The molecule has 0 saturated carbocycles. The van der Waals surface area contributed by atoms with Gasteiger partial charge in [-0.05, 0) is 23.8 Å². The lowest BCUT2D eigenvalue weighted by atomic mass is 9.91. The zero-order valence-electron chi connectivity index (χ0n) is 14.3. The van der Waals surface area contributed by atoms with Crippen molar-refractivity contribution in [1.82, 2.24) is 4.98 Å². The third kappa shape index (κ3) is 1.76. The maximum atomic E-state index is 3.70. The monoisotopic (exact) mass is 334 g/mol. The van der Waals surface area contributed by atoms with Crippen LogP contribution in [-0.2, 0) is 0 Å². The Morgan fingerprint density at radius 2 is 1.54 bits per heavy atom. The first-order valence-electron chi connectivity index (χ1n) is 9.14. The summed E-state index contributed by atoms with van der Waals surface area (Å²) in [4.78, 5) is 6.20. The Labute approximate surface area is 152 Å². The molecule has 6 rings (SSSR count). The van der Waals surface area contributed by atoms with Crippen LogP contribution in [-0.4, -0.2) is 11.0 Å². The number of allylic oxidation sites excluding steroid dienone is 2. The minimum atomic E-state index is 0.328. The molecule has 2 nitrogen and oxygen atoms in total. The van der Waals surface area contributed by atoms with E-state index in [2.05, 4.69) is 101 Å². The van der Waals surface area contributed by atoms with Gasteiger partial charge in [0.1, 0.15) is 0 Å². The van der Waals surface area contributed by atoms with Crippen molar-refractivity contribution < 1.29 is 0 Å². The van der Waals surface area contributed by atoms with Crippen LogP contribution in [0.5, 0.6) is 0 Å². The summed E-state index contributed by atoms with van der Waals surface area (Å²) >= 11 is 0. The van der Waals surface area contributed by atoms with E-state index in [9.17, 15) is 0 Å². The number of nitrogens with zero attached hydrogens (tertiary/aromatic N) is 1. The lowest BCUT2D eigenvalue weighted by molar-refractivity contribution is 0.745. The molecule has 0 amide bonds.